The van der Waals surface area contributed by atoms with Crippen molar-refractivity contribution in [2.45, 2.75) is 33.1 Å². The van der Waals surface area contributed by atoms with Crippen LogP contribution in [0.15, 0.2) is 18.2 Å². The Balaban J connectivity index is 2.06. The molecule has 0 unspecified atom stereocenters. The van der Waals surface area contributed by atoms with E-state index < -0.39 is 0 Å². The summed E-state index contributed by atoms with van der Waals surface area (Å²) in [6.07, 6.45) is 3.25. The molecule has 1 heterocycles. The fraction of sp³-hybridized carbons (Fsp3) is 0.600. The van der Waals surface area contributed by atoms with E-state index in [0.717, 1.165) is 37.3 Å². The van der Waals surface area contributed by atoms with Gasteiger partial charge in [-0.15, -0.1) is 0 Å². The zero-order valence-electron chi connectivity index (χ0n) is 11.4. The number of fused-ring (bicyclic) bond motifs is 1. The van der Waals surface area contributed by atoms with Crippen molar-refractivity contribution in [2.75, 3.05) is 19.8 Å². The molecule has 18 heavy (non-hydrogen) atoms. The highest BCUT2D eigenvalue weighted by atomic mass is 16.5. The highest BCUT2D eigenvalue weighted by Crippen LogP contribution is 2.34. The molecule has 0 saturated carbocycles. The van der Waals surface area contributed by atoms with Gasteiger partial charge in [0.1, 0.15) is 0 Å². The Kier molecular flexibility index (Phi) is 4.12. The quantitative estimate of drug-likeness (QED) is 0.834. The lowest BCUT2D eigenvalue weighted by Gasteiger charge is -2.19. The molecule has 0 spiro atoms. The first kappa shape index (κ1) is 13.2. The van der Waals surface area contributed by atoms with Crippen molar-refractivity contribution in [3.05, 3.63) is 23.8 Å². The molecule has 100 valence electrons. The van der Waals surface area contributed by atoms with Crippen LogP contribution in [0.25, 0.3) is 0 Å². The average molecular weight is 249 g/mol. The molecule has 1 aromatic carbocycles. The van der Waals surface area contributed by atoms with Crippen molar-refractivity contribution in [1.82, 2.24) is 0 Å². The zero-order valence-corrected chi connectivity index (χ0v) is 11.4. The molecule has 1 aliphatic heterocycles. The van der Waals surface area contributed by atoms with Crippen LogP contribution in [0.2, 0.25) is 0 Å². The molecule has 0 amide bonds. The van der Waals surface area contributed by atoms with Gasteiger partial charge in [-0.05, 0) is 43.5 Å². The third kappa shape index (κ3) is 3.39. The highest BCUT2D eigenvalue weighted by Gasteiger charge is 2.25. The lowest BCUT2D eigenvalue weighted by molar-refractivity contribution is 0.140. The Morgan fingerprint density at radius 1 is 1.11 bits per heavy atom. The summed E-state index contributed by atoms with van der Waals surface area (Å²) in [5.41, 5.74) is 6.87. The minimum Gasteiger partial charge on any atom is -0.489 e. The summed E-state index contributed by atoms with van der Waals surface area (Å²) in [4.78, 5) is 0. The maximum Gasteiger partial charge on any atom is 0.161 e. The van der Waals surface area contributed by atoms with E-state index in [-0.39, 0.29) is 5.41 Å². The molecular formula is C15H23NO2. The smallest absolute Gasteiger partial charge is 0.161 e. The van der Waals surface area contributed by atoms with Gasteiger partial charge in [0.2, 0.25) is 0 Å². The highest BCUT2D eigenvalue weighted by molar-refractivity contribution is 5.43. The summed E-state index contributed by atoms with van der Waals surface area (Å²) in [5, 5.41) is 0. The molecular weight excluding hydrogens is 226 g/mol. The van der Waals surface area contributed by atoms with E-state index in [2.05, 4.69) is 26.0 Å². The van der Waals surface area contributed by atoms with E-state index in [9.17, 15) is 0 Å². The zero-order chi connectivity index (χ0) is 13.0. The number of rotatable bonds is 4. The second-order valence-corrected chi connectivity index (χ2v) is 5.77. The summed E-state index contributed by atoms with van der Waals surface area (Å²) in [7, 11) is 0. The molecule has 0 atom stereocenters. The molecule has 1 aromatic rings. The minimum absolute atomic E-state index is 0.0682. The molecule has 0 aromatic heterocycles. The van der Waals surface area contributed by atoms with Gasteiger partial charge in [0.15, 0.2) is 11.5 Å². The SMILES string of the molecule is CC1(C)COc2ccc(CCCCN)cc2OC1. The van der Waals surface area contributed by atoms with Crippen LogP contribution < -0.4 is 15.2 Å². The fourth-order valence-electron chi connectivity index (χ4n) is 2.00. The minimum atomic E-state index is 0.0682. The summed E-state index contributed by atoms with van der Waals surface area (Å²) >= 11 is 0. The van der Waals surface area contributed by atoms with Crippen LogP contribution in [-0.4, -0.2) is 19.8 Å². The molecule has 3 heteroatoms. The van der Waals surface area contributed by atoms with E-state index in [0.29, 0.717) is 13.2 Å². The average Bonchev–Trinajstić information content (AvgIpc) is 2.49. The topological polar surface area (TPSA) is 44.5 Å². The van der Waals surface area contributed by atoms with E-state index in [4.69, 9.17) is 15.2 Å². The van der Waals surface area contributed by atoms with Crippen molar-refractivity contribution >= 4 is 0 Å². The van der Waals surface area contributed by atoms with Crippen LogP contribution in [0.3, 0.4) is 0 Å². The van der Waals surface area contributed by atoms with Crippen LogP contribution in [-0.2, 0) is 6.42 Å². The first-order valence-corrected chi connectivity index (χ1v) is 6.69. The number of benzene rings is 1. The van der Waals surface area contributed by atoms with Crippen LogP contribution >= 0.6 is 0 Å². The molecule has 2 N–H and O–H groups in total. The molecule has 2 rings (SSSR count). The molecule has 0 fully saturated rings. The summed E-state index contributed by atoms with van der Waals surface area (Å²) in [5.74, 6) is 1.74. The summed E-state index contributed by atoms with van der Waals surface area (Å²) < 4.78 is 11.7. The van der Waals surface area contributed by atoms with Crippen molar-refractivity contribution in [3.8, 4) is 11.5 Å². The standard InChI is InChI=1S/C15H23NO2/c1-15(2)10-17-13-7-6-12(5-3-4-8-16)9-14(13)18-11-15/h6-7,9H,3-5,8,10-11,16H2,1-2H3. The normalized spacial score (nSPS) is 17.3. The third-order valence-corrected chi connectivity index (χ3v) is 3.16. The number of ether oxygens (including phenoxy) is 2. The van der Waals surface area contributed by atoms with E-state index in [1.165, 1.54) is 5.56 Å². The van der Waals surface area contributed by atoms with Gasteiger partial charge in [0.25, 0.3) is 0 Å². The summed E-state index contributed by atoms with van der Waals surface area (Å²) in [6.45, 7) is 6.47. The van der Waals surface area contributed by atoms with Crippen LogP contribution in [0, 0.1) is 5.41 Å². The van der Waals surface area contributed by atoms with Crippen molar-refractivity contribution in [2.24, 2.45) is 11.1 Å². The predicted octanol–water partition coefficient (Wildman–Crippen LogP) is 2.77. The maximum atomic E-state index is 5.86. The molecule has 0 saturated heterocycles. The van der Waals surface area contributed by atoms with Gasteiger partial charge in [-0.2, -0.15) is 0 Å². The summed E-state index contributed by atoms with van der Waals surface area (Å²) in [6, 6.07) is 6.25. The van der Waals surface area contributed by atoms with Gasteiger partial charge in [0, 0.05) is 5.41 Å². The first-order valence-electron chi connectivity index (χ1n) is 6.69. The third-order valence-electron chi connectivity index (χ3n) is 3.16. The largest absolute Gasteiger partial charge is 0.489 e. The van der Waals surface area contributed by atoms with Gasteiger partial charge >= 0.3 is 0 Å². The predicted molar refractivity (Wildman–Crippen MR) is 73.2 cm³/mol. The van der Waals surface area contributed by atoms with Crippen LogP contribution in [0.4, 0.5) is 0 Å². The number of nitrogens with two attached hydrogens (primary N) is 1. The Hall–Kier alpha value is -1.22. The van der Waals surface area contributed by atoms with Crippen LogP contribution in [0.5, 0.6) is 11.5 Å². The maximum absolute atomic E-state index is 5.86. The lowest BCUT2D eigenvalue weighted by Crippen LogP contribution is -2.26. The van der Waals surface area contributed by atoms with Crippen molar-refractivity contribution < 1.29 is 9.47 Å². The van der Waals surface area contributed by atoms with Crippen LogP contribution in [0.1, 0.15) is 32.3 Å². The molecule has 0 bridgehead atoms. The Bertz CT molecular complexity index is 401. The lowest BCUT2D eigenvalue weighted by atomic mass is 9.97. The van der Waals surface area contributed by atoms with Gasteiger partial charge in [-0.25, -0.2) is 0 Å². The second kappa shape index (κ2) is 5.61. The van der Waals surface area contributed by atoms with Gasteiger partial charge < -0.3 is 15.2 Å². The van der Waals surface area contributed by atoms with E-state index >= 15 is 0 Å². The Morgan fingerprint density at radius 2 is 1.83 bits per heavy atom. The number of aryl methyl sites for hydroxylation is 1. The Morgan fingerprint density at radius 3 is 2.56 bits per heavy atom. The number of unbranched alkanes of at least 4 members (excludes halogenated alkanes) is 1. The first-order chi connectivity index (χ1) is 8.61. The molecule has 0 radical (unpaired) electrons. The van der Waals surface area contributed by atoms with E-state index in [1.807, 2.05) is 6.07 Å². The second-order valence-electron chi connectivity index (χ2n) is 5.77. The van der Waals surface area contributed by atoms with Crippen molar-refractivity contribution in [3.63, 3.8) is 0 Å². The van der Waals surface area contributed by atoms with Crippen molar-refractivity contribution in [1.29, 1.82) is 0 Å². The monoisotopic (exact) mass is 249 g/mol. The van der Waals surface area contributed by atoms with Gasteiger partial charge in [0.05, 0.1) is 13.2 Å². The fourth-order valence-corrected chi connectivity index (χ4v) is 2.00. The number of hydrogen-bond acceptors (Lipinski definition) is 3. The van der Waals surface area contributed by atoms with E-state index in [1.54, 1.807) is 0 Å². The molecule has 3 nitrogen and oxygen atoms in total. The van der Waals surface area contributed by atoms with Gasteiger partial charge in [-0.1, -0.05) is 19.9 Å². The Labute approximate surface area is 109 Å². The number of hydrogen-bond donors (Lipinski definition) is 1. The molecule has 1 aliphatic rings. The molecule has 0 aliphatic carbocycles. The van der Waals surface area contributed by atoms with Gasteiger partial charge in [-0.3, -0.25) is 0 Å².